The van der Waals surface area contributed by atoms with Gasteiger partial charge in [-0.05, 0) is 42.8 Å². The van der Waals surface area contributed by atoms with Crippen LogP contribution in [0.1, 0.15) is 12.5 Å². The van der Waals surface area contributed by atoms with Crippen molar-refractivity contribution in [1.82, 2.24) is 4.98 Å². The number of nitrogens with one attached hydrogen (secondary N) is 2. The number of furan rings is 1. The van der Waals surface area contributed by atoms with Crippen LogP contribution in [0.5, 0.6) is 0 Å². The van der Waals surface area contributed by atoms with Crippen molar-refractivity contribution in [1.29, 1.82) is 5.41 Å². The molecule has 0 saturated heterocycles. The van der Waals surface area contributed by atoms with Crippen molar-refractivity contribution in [3.8, 4) is 0 Å². The average molecular weight is 301 g/mol. The van der Waals surface area contributed by atoms with Crippen LogP contribution >= 0.6 is 0 Å². The molecule has 4 aromatic rings. The summed E-state index contributed by atoms with van der Waals surface area (Å²) < 4.78 is 5.65. The molecular weight excluding hydrogens is 286 g/mol. The summed E-state index contributed by atoms with van der Waals surface area (Å²) in [6.07, 6.45) is 1.69. The van der Waals surface area contributed by atoms with Crippen LogP contribution in [0.2, 0.25) is 0 Å². The molecule has 0 unspecified atom stereocenters. The molecule has 4 heteroatoms. The Morgan fingerprint density at radius 3 is 2.57 bits per heavy atom. The molecule has 2 N–H and O–H groups in total. The third-order valence-electron chi connectivity index (χ3n) is 3.88. The van der Waals surface area contributed by atoms with Crippen LogP contribution in [0.25, 0.3) is 21.9 Å². The number of aromatic nitrogens is 1. The Bertz CT molecular complexity index is 1020. The Morgan fingerprint density at radius 2 is 1.78 bits per heavy atom. The normalized spacial score (nSPS) is 11.0. The molecule has 0 fully saturated rings. The quantitative estimate of drug-likeness (QED) is 0.517. The van der Waals surface area contributed by atoms with E-state index in [0.29, 0.717) is 5.71 Å². The zero-order valence-electron chi connectivity index (χ0n) is 12.6. The standard InChI is InChI=1S/C19H15N3O/c1-12(20)13-6-8-14(9-7-13)21-19-16-10-11-23-18(16)15-4-2-3-5-17(15)22-19/h2-11,20H,1H3,(H,21,22). The van der Waals surface area contributed by atoms with Crippen LogP contribution in [0.4, 0.5) is 11.5 Å². The number of rotatable bonds is 3. The number of hydrogen-bond acceptors (Lipinski definition) is 4. The van der Waals surface area contributed by atoms with Gasteiger partial charge in [0.2, 0.25) is 0 Å². The molecule has 2 aromatic heterocycles. The molecule has 0 aliphatic rings. The van der Waals surface area contributed by atoms with Crippen LogP contribution < -0.4 is 5.32 Å². The monoisotopic (exact) mass is 301 g/mol. The maximum atomic E-state index is 7.66. The first-order chi connectivity index (χ1) is 11.2. The molecule has 4 nitrogen and oxygen atoms in total. The minimum absolute atomic E-state index is 0.553. The van der Waals surface area contributed by atoms with Gasteiger partial charge in [0.25, 0.3) is 0 Å². The fourth-order valence-electron chi connectivity index (χ4n) is 2.68. The molecule has 0 spiro atoms. The third kappa shape index (κ3) is 2.34. The predicted octanol–water partition coefficient (Wildman–Crippen LogP) is 5.11. The number of benzene rings is 2. The highest BCUT2D eigenvalue weighted by Crippen LogP contribution is 2.31. The van der Waals surface area contributed by atoms with Gasteiger partial charge >= 0.3 is 0 Å². The van der Waals surface area contributed by atoms with Crippen molar-refractivity contribution in [2.75, 3.05) is 5.32 Å². The second-order valence-corrected chi connectivity index (χ2v) is 5.47. The average Bonchev–Trinajstić information content (AvgIpc) is 3.06. The van der Waals surface area contributed by atoms with Crippen LogP contribution in [-0.2, 0) is 0 Å². The number of pyridine rings is 1. The highest BCUT2D eigenvalue weighted by Gasteiger charge is 2.11. The van der Waals surface area contributed by atoms with Gasteiger partial charge in [-0.1, -0.05) is 24.3 Å². The van der Waals surface area contributed by atoms with Crippen molar-refractivity contribution in [2.24, 2.45) is 0 Å². The van der Waals surface area contributed by atoms with Gasteiger partial charge in [0.15, 0.2) is 0 Å². The molecule has 0 aliphatic carbocycles. The fraction of sp³-hybridized carbons (Fsp3) is 0.0526. The molecular formula is C19H15N3O. The predicted molar refractivity (Wildman–Crippen MR) is 93.7 cm³/mol. The lowest BCUT2D eigenvalue weighted by molar-refractivity contribution is 0.619. The van der Waals surface area contributed by atoms with E-state index >= 15 is 0 Å². The van der Waals surface area contributed by atoms with Gasteiger partial charge in [-0.2, -0.15) is 0 Å². The molecule has 0 atom stereocenters. The summed E-state index contributed by atoms with van der Waals surface area (Å²) in [5.41, 5.74) is 4.13. The Labute approximate surface area is 133 Å². The molecule has 112 valence electrons. The highest BCUT2D eigenvalue weighted by molar-refractivity contribution is 6.07. The second-order valence-electron chi connectivity index (χ2n) is 5.47. The maximum Gasteiger partial charge on any atom is 0.146 e. The van der Waals surface area contributed by atoms with Crippen molar-refractivity contribution < 1.29 is 4.42 Å². The first-order valence-electron chi connectivity index (χ1n) is 7.41. The van der Waals surface area contributed by atoms with Gasteiger partial charge in [0, 0.05) is 16.8 Å². The molecule has 0 saturated carbocycles. The van der Waals surface area contributed by atoms with Crippen molar-refractivity contribution >= 4 is 39.1 Å². The minimum atomic E-state index is 0.553. The van der Waals surface area contributed by atoms with Gasteiger partial charge in [0.1, 0.15) is 11.4 Å². The summed E-state index contributed by atoms with van der Waals surface area (Å²) in [7, 11) is 0. The fourth-order valence-corrected chi connectivity index (χ4v) is 2.68. The first kappa shape index (κ1) is 13.5. The topological polar surface area (TPSA) is 61.9 Å². The second kappa shape index (κ2) is 5.25. The van der Waals surface area contributed by atoms with Crippen LogP contribution in [0, 0.1) is 5.41 Å². The zero-order valence-corrected chi connectivity index (χ0v) is 12.6. The van der Waals surface area contributed by atoms with E-state index in [1.54, 1.807) is 13.2 Å². The summed E-state index contributed by atoms with van der Waals surface area (Å²) in [6.45, 7) is 1.78. The number of hydrogen-bond donors (Lipinski definition) is 2. The van der Waals surface area contributed by atoms with E-state index < -0.39 is 0 Å². The minimum Gasteiger partial charge on any atom is -0.463 e. The number of nitrogens with zero attached hydrogens (tertiary/aromatic N) is 1. The van der Waals surface area contributed by atoms with Crippen molar-refractivity contribution in [2.45, 2.75) is 6.92 Å². The van der Waals surface area contributed by atoms with E-state index in [4.69, 9.17) is 14.8 Å². The first-order valence-corrected chi connectivity index (χ1v) is 7.41. The Hall–Kier alpha value is -3.14. The lowest BCUT2D eigenvalue weighted by atomic mass is 10.1. The Balaban J connectivity index is 1.81. The molecule has 4 rings (SSSR count). The van der Waals surface area contributed by atoms with Gasteiger partial charge in [-0.15, -0.1) is 0 Å². The van der Waals surface area contributed by atoms with Crippen LogP contribution in [-0.4, -0.2) is 10.7 Å². The third-order valence-corrected chi connectivity index (χ3v) is 3.88. The summed E-state index contributed by atoms with van der Waals surface area (Å²) >= 11 is 0. The van der Waals surface area contributed by atoms with Gasteiger partial charge in [-0.3, -0.25) is 0 Å². The molecule has 0 bridgehead atoms. The highest BCUT2D eigenvalue weighted by atomic mass is 16.3. The molecule has 0 amide bonds. The van der Waals surface area contributed by atoms with Gasteiger partial charge in [0.05, 0.1) is 17.2 Å². The number of fused-ring (bicyclic) bond motifs is 3. The molecule has 0 aliphatic heterocycles. The van der Waals surface area contributed by atoms with E-state index in [-0.39, 0.29) is 0 Å². The maximum absolute atomic E-state index is 7.66. The van der Waals surface area contributed by atoms with Gasteiger partial charge in [-0.25, -0.2) is 4.98 Å². The Kier molecular flexibility index (Phi) is 3.08. The summed E-state index contributed by atoms with van der Waals surface area (Å²) in [5, 5.41) is 13.0. The molecule has 2 aromatic carbocycles. The van der Waals surface area contributed by atoms with Crippen LogP contribution in [0.3, 0.4) is 0 Å². The number of anilines is 2. The lowest BCUT2D eigenvalue weighted by Crippen LogP contribution is -1.96. The SMILES string of the molecule is CC(=N)c1ccc(Nc2nc3ccccc3c3occc23)cc1. The van der Waals surface area contributed by atoms with Gasteiger partial charge < -0.3 is 15.1 Å². The smallest absolute Gasteiger partial charge is 0.146 e. The molecule has 0 radical (unpaired) electrons. The van der Waals surface area contributed by atoms with E-state index in [9.17, 15) is 0 Å². The summed E-state index contributed by atoms with van der Waals surface area (Å²) in [5.74, 6) is 0.770. The van der Waals surface area contributed by atoms with E-state index in [1.807, 2.05) is 54.6 Å². The van der Waals surface area contributed by atoms with Crippen molar-refractivity contribution in [3.63, 3.8) is 0 Å². The van der Waals surface area contributed by atoms with E-state index in [0.717, 1.165) is 38.9 Å². The largest absolute Gasteiger partial charge is 0.463 e. The van der Waals surface area contributed by atoms with Crippen molar-refractivity contribution in [3.05, 3.63) is 66.4 Å². The van der Waals surface area contributed by atoms with Crippen LogP contribution in [0.15, 0.2) is 65.3 Å². The number of para-hydroxylation sites is 1. The molecule has 23 heavy (non-hydrogen) atoms. The summed E-state index contributed by atoms with van der Waals surface area (Å²) in [4.78, 5) is 4.72. The summed E-state index contributed by atoms with van der Waals surface area (Å²) in [6, 6.07) is 17.6. The van der Waals surface area contributed by atoms with E-state index in [1.165, 1.54) is 0 Å². The Morgan fingerprint density at radius 1 is 1.00 bits per heavy atom. The van der Waals surface area contributed by atoms with E-state index in [2.05, 4.69) is 5.32 Å². The molecule has 2 heterocycles. The lowest BCUT2D eigenvalue weighted by Gasteiger charge is -2.09. The zero-order chi connectivity index (χ0) is 15.8.